The van der Waals surface area contributed by atoms with Gasteiger partial charge in [0.1, 0.15) is 0 Å². The molecule has 0 aliphatic heterocycles. The highest BCUT2D eigenvalue weighted by Crippen LogP contribution is 2.29. The fraction of sp³-hybridized carbons (Fsp3) is 0.647. The lowest BCUT2D eigenvalue weighted by atomic mass is 9.98. The van der Waals surface area contributed by atoms with Crippen LogP contribution in [0.5, 0.6) is 0 Å². The number of nitrogens with one attached hydrogen (secondary N) is 1. The highest BCUT2D eigenvalue weighted by molar-refractivity contribution is 7.14. The summed E-state index contributed by atoms with van der Waals surface area (Å²) in [7, 11) is 1.50. The van der Waals surface area contributed by atoms with Gasteiger partial charge >= 0.3 is 5.97 Å². The van der Waals surface area contributed by atoms with Crippen LogP contribution in [0.4, 0.5) is 0 Å². The zero-order valence-electron chi connectivity index (χ0n) is 13.8. The second kappa shape index (κ2) is 7.93. The molecule has 1 aliphatic carbocycles. The molecule has 1 unspecified atom stereocenters. The Balaban J connectivity index is 2.12. The number of hydrogen-bond acceptors (Lipinski definition) is 4. The Labute approximate surface area is 141 Å². The molecule has 1 aromatic heterocycles. The maximum absolute atomic E-state index is 12.6. The summed E-state index contributed by atoms with van der Waals surface area (Å²) < 4.78 is 5.08. The Hall–Kier alpha value is -1.40. The number of thiophene rings is 1. The summed E-state index contributed by atoms with van der Waals surface area (Å²) >= 11 is 1.54. The van der Waals surface area contributed by atoms with Gasteiger partial charge in [-0.05, 0) is 44.2 Å². The van der Waals surface area contributed by atoms with Crippen molar-refractivity contribution in [3.63, 3.8) is 0 Å². The van der Waals surface area contributed by atoms with Gasteiger partial charge in [-0.3, -0.25) is 9.59 Å². The molecule has 0 radical (unpaired) electrons. The molecule has 0 saturated carbocycles. The molecule has 0 bridgehead atoms. The van der Waals surface area contributed by atoms with E-state index < -0.39 is 11.5 Å². The summed E-state index contributed by atoms with van der Waals surface area (Å²) in [6.07, 6.45) is 6.75. The van der Waals surface area contributed by atoms with Gasteiger partial charge in [-0.25, -0.2) is 0 Å². The molecule has 1 atom stereocenters. The molecule has 128 valence electrons. The molecular formula is C17H25NO4S. The monoisotopic (exact) mass is 339 g/mol. The molecule has 1 heterocycles. The summed E-state index contributed by atoms with van der Waals surface area (Å²) in [5.41, 5.74) is 0.377. The van der Waals surface area contributed by atoms with Crippen molar-refractivity contribution >= 4 is 23.2 Å². The smallest absolute Gasteiger partial charge is 0.305 e. The van der Waals surface area contributed by atoms with E-state index in [2.05, 4.69) is 5.32 Å². The van der Waals surface area contributed by atoms with Crippen LogP contribution in [0.25, 0.3) is 0 Å². The molecular weight excluding hydrogens is 314 g/mol. The van der Waals surface area contributed by atoms with Crippen molar-refractivity contribution in [1.82, 2.24) is 5.32 Å². The zero-order valence-corrected chi connectivity index (χ0v) is 14.6. The number of carbonyl (C=O) groups is 2. The third kappa shape index (κ3) is 5.04. The van der Waals surface area contributed by atoms with Crippen LogP contribution in [0.15, 0.2) is 6.07 Å². The third-order valence-electron chi connectivity index (χ3n) is 4.14. The van der Waals surface area contributed by atoms with E-state index in [1.165, 1.54) is 43.2 Å². The van der Waals surface area contributed by atoms with Crippen LogP contribution in [0.3, 0.4) is 0 Å². The van der Waals surface area contributed by atoms with Crippen molar-refractivity contribution in [2.24, 2.45) is 0 Å². The standard InChI is InChI=1S/C17H25NO4S/c1-17(11-22-2,10-15(19)20)18-16(21)14-9-12-7-5-3-4-6-8-13(12)23-14/h9H,3-8,10-11H2,1-2H3,(H,18,21)(H,19,20). The number of carboxylic acid groups (broad SMARTS) is 1. The summed E-state index contributed by atoms with van der Waals surface area (Å²) in [5.74, 6) is -1.16. The maximum atomic E-state index is 12.6. The van der Waals surface area contributed by atoms with Gasteiger partial charge in [0.15, 0.2) is 0 Å². The molecule has 6 heteroatoms. The lowest BCUT2D eigenvalue weighted by molar-refractivity contribution is -0.139. The first-order valence-corrected chi connectivity index (χ1v) is 8.90. The van der Waals surface area contributed by atoms with E-state index in [4.69, 9.17) is 9.84 Å². The number of ether oxygens (including phenoxy) is 1. The van der Waals surface area contributed by atoms with Crippen LogP contribution in [-0.4, -0.2) is 36.2 Å². The highest BCUT2D eigenvalue weighted by Gasteiger charge is 2.30. The van der Waals surface area contributed by atoms with Crippen molar-refractivity contribution in [3.8, 4) is 0 Å². The zero-order chi connectivity index (χ0) is 16.9. The van der Waals surface area contributed by atoms with Crippen molar-refractivity contribution in [2.75, 3.05) is 13.7 Å². The Bertz CT molecular complexity index is 543. The first-order valence-electron chi connectivity index (χ1n) is 8.08. The number of carboxylic acids is 1. The number of rotatable bonds is 6. The largest absolute Gasteiger partial charge is 0.481 e. The minimum atomic E-state index is -0.955. The van der Waals surface area contributed by atoms with E-state index in [1.54, 1.807) is 18.3 Å². The Morgan fingerprint density at radius 1 is 1.30 bits per heavy atom. The molecule has 5 nitrogen and oxygen atoms in total. The summed E-state index contributed by atoms with van der Waals surface area (Å²) in [5, 5.41) is 11.9. The van der Waals surface area contributed by atoms with Gasteiger partial charge in [0.2, 0.25) is 0 Å². The average Bonchev–Trinajstić information content (AvgIpc) is 2.80. The Morgan fingerprint density at radius 3 is 2.65 bits per heavy atom. The predicted molar refractivity (Wildman–Crippen MR) is 90.2 cm³/mol. The van der Waals surface area contributed by atoms with Crippen LogP contribution < -0.4 is 5.32 Å². The molecule has 0 aromatic carbocycles. The minimum Gasteiger partial charge on any atom is -0.481 e. The first-order chi connectivity index (χ1) is 10.9. The van der Waals surface area contributed by atoms with E-state index in [1.807, 2.05) is 6.07 Å². The molecule has 23 heavy (non-hydrogen) atoms. The molecule has 1 amide bonds. The van der Waals surface area contributed by atoms with Crippen LogP contribution in [0, 0.1) is 0 Å². The van der Waals surface area contributed by atoms with E-state index in [0.29, 0.717) is 4.88 Å². The maximum Gasteiger partial charge on any atom is 0.305 e. The summed E-state index contributed by atoms with van der Waals surface area (Å²) in [6.45, 7) is 1.86. The van der Waals surface area contributed by atoms with E-state index in [-0.39, 0.29) is 18.9 Å². The lowest BCUT2D eigenvalue weighted by Crippen LogP contribution is -2.50. The van der Waals surface area contributed by atoms with Crippen molar-refractivity contribution in [2.45, 2.75) is 57.4 Å². The number of amides is 1. The van der Waals surface area contributed by atoms with Gasteiger partial charge in [-0.1, -0.05) is 12.8 Å². The number of hydrogen-bond donors (Lipinski definition) is 2. The predicted octanol–water partition coefficient (Wildman–Crippen LogP) is 3.02. The number of aliphatic carboxylic acids is 1. The fourth-order valence-electron chi connectivity index (χ4n) is 3.08. The minimum absolute atomic E-state index is 0.163. The molecule has 2 rings (SSSR count). The van der Waals surface area contributed by atoms with Crippen molar-refractivity contribution in [1.29, 1.82) is 0 Å². The SMILES string of the molecule is COCC(C)(CC(=O)O)NC(=O)c1cc2c(s1)CCCCCC2. The van der Waals surface area contributed by atoms with Crippen LogP contribution in [-0.2, 0) is 22.4 Å². The Kier molecular flexibility index (Phi) is 6.18. The fourth-order valence-corrected chi connectivity index (χ4v) is 4.22. The second-order valence-corrected chi connectivity index (χ2v) is 7.63. The number of methoxy groups -OCH3 is 1. The topological polar surface area (TPSA) is 75.6 Å². The molecule has 0 spiro atoms. The van der Waals surface area contributed by atoms with Crippen molar-refractivity contribution in [3.05, 3.63) is 21.4 Å². The molecule has 0 saturated heterocycles. The van der Waals surface area contributed by atoms with Gasteiger partial charge in [0, 0.05) is 12.0 Å². The summed E-state index contributed by atoms with van der Waals surface area (Å²) in [4.78, 5) is 25.6. The van der Waals surface area contributed by atoms with E-state index >= 15 is 0 Å². The first kappa shape index (κ1) is 17.9. The normalized spacial score (nSPS) is 17.5. The van der Waals surface area contributed by atoms with E-state index in [9.17, 15) is 9.59 Å². The van der Waals surface area contributed by atoms with Gasteiger partial charge in [-0.15, -0.1) is 11.3 Å². The molecule has 2 N–H and O–H groups in total. The second-order valence-electron chi connectivity index (χ2n) is 6.49. The van der Waals surface area contributed by atoms with Gasteiger partial charge < -0.3 is 15.2 Å². The van der Waals surface area contributed by atoms with Gasteiger partial charge in [-0.2, -0.15) is 0 Å². The van der Waals surface area contributed by atoms with Gasteiger partial charge in [0.25, 0.3) is 5.91 Å². The van der Waals surface area contributed by atoms with Crippen LogP contribution in [0.2, 0.25) is 0 Å². The lowest BCUT2D eigenvalue weighted by Gasteiger charge is -2.28. The quantitative estimate of drug-likeness (QED) is 0.835. The average molecular weight is 339 g/mol. The highest BCUT2D eigenvalue weighted by atomic mass is 32.1. The molecule has 1 aromatic rings. The number of carbonyl (C=O) groups excluding carboxylic acids is 1. The summed E-state index contributed by atoms with van der Waals surface area (Å²) in [6, 6.07) is 1.98. The molecule has 1 aliphatic rings. The number of aryl methyl sites for hydroxylation is 2. The number of fused-ring (bicyclic) bond motifs is 1. The van der Waals surface area contributed by atoms with Crippen LogP contribution in [0.1, 0.15) is 59.1 Å². The molecule has 0 fully saturated rings. The Morgan fingerprint density at radius 2 is 2.00 bits per heavy atom. The van der Waals surface area contributed by atoms with Gasteiger partial charge in [0.05, 0.1) is 23.4 Å². The van der Waals surface area contributed by atoms with Crippen LogP contribution >= 0.6 is 11.3 Å². The van der Waals surface area contributed by atoms with E-state index in [0.717, 1.165) is 12.8 Å². The third-order valence-corrected chi connectivity index (χ3v) is 5.38. The van der Waals surface area contributed by atoms with Crippen molar-refractivity contribution < 1.29 is 19.4 Å².